The number of rotatable bonds is 0. The van der Waals surface area contributed by atoms with Crippen LogP contribution in [0.5, 0.6) is 0 Å². The minimum Gasteiger partial charge on any atom is -0.444 e. The van der Waals surface area contributed by atoms with E-state index >= 15 is 0 Å². The molecule has 0 bridgehead atoms. The van der Waals surface area contributed by atoms with Crippen LogP contribution in [0.2, 0.25) is 0 Å². The highest BCUT2D eigenvalue weighted by molar-refractivity contribution is 5.67. The number of carbonyl (C=O) groups excluding carboxylic acids is 1. The van der Waals surface area contributed by atoms with Crippen molar-refractivity contribution >= 4 is 6.09 Å². The molecule has 0 aromatic rings. The first kappa shape index (κ1) is 7.38. The van der Waals surface area contributed by atoms with E-state index in [-0.39, 0.29) is 11.7 Å². The molecule has 10 heavy (non-hydrogen) atoms. The van der Waals surface area contributed by atoms with Gasteiger partial charge in [-0.2, -0.15) is 0 Å². The van der Waals surface area contributed by atoms with Gasteiger partial charge in [0.15, 0.2) is 0 Å². The maximum Gasteiger partial charge on any atom is 0.407 e. The molecule has 0 aromatic heterocycles. The molecule has 1 rings (SSSR count). The van der Waals surface area contributed by atoms with Crippen LogP contribution in [0.25, 0.3) is 0 Å². The van der Waals surface area contributed by atoms with Crippen molar-refractivity contribution in [3.63, 3.8) is 0 Å². The molecule has 1 aliphatic heterocycles. The van der Waals surface area contributed by atoms with Gasteiger partial charge in [0.25, 0.3) is 0 Å². The van der Waals surface area contributed by atoms with Gasteiger partial charge in [0, 0.05) is 6.54 Å². The van der Waals surface area contributed by atoms with Crippen molar-refractivity contribution in [3.05, 3.63) is 0 Å². The number of carbonyl (C=O) groups is 1. The molecule has 0 spiro atoms. The Labute approximate surface area is 60.7 Å². The number of cyclic esters (lactones) is 1. The molecule has 0 aromatic carbocycles. The molecule has 0 aliphatic carbocycles. The molecule has 0 radical (unpaired) electrons. The fourth-order valence-corrected chi connectivity index (χ4v) is 1.04. The predicted molar refractivity (Wildman–Crippen MR) is 37.8 cm³/mol. The molecule has 0 unspecified atom stereocenters. The standard InChI is InChI=1S/C7H13NO2/c1-7(2)4-3-5-8-6(9)10-7/h3-5H2,1-2H3,(H,8,9). The lowest BCUT2D eigenvalue weighted by Crippen LogP contribution is -2.30. The number of hydrogen-bond donors (Lipinski definition) is 1. The van der Waals surface area contributed by atoms with Crippen molar-refractivity contribution in [1.82, 2.24) is 5.32 Å². The molecule has 1 heterocycles. The Kier molecular flexibility index (Phi) is 1.83. The van der Waals surface area contributed by atoms with E-state index in [1.54, 1.807) is 0 Å². The molecular formula is C7H13NO2. The molecule has 58 valence electrons. The molecule has 1 amide bonds. The van der Waals surface area contributed by atoms with Gasteiger partial charge in [0.2, 0.25) is 0 Å². The zero-order chi connectivity index (χ0) is 7.61. The van der Waals surface area contributed by atoms with E-state index < -0.39 is 0 Å². The van der Waals surface area contributed by atoms with Gasteiger partial charge in [0.05, 0.1) is 0 Å². The fourth-order valence-electron chi connectivity index (χ4n) is 1.04. The Morgan fingerprint density at radius 2 is 2.30 bits per heavy atom. The first-order chi connectivity index (χ1) is 4.60. The van der Waals surface area contributed by atoms with Crippen LogP contribution in [-0.4, -0.2) is 18.2 Å². The summed E-state index contributed by atoms with van der Waals surface area (Å²) in [7, 11) is 0. The van der Waals surface area contributed by atoms with Gasteiger partial charge in [-0.3, -0.25) is 0 Å². The molecular weight excluding hydrogens is 130 g/mol. The number of hydrogen-bond acceptors (Lipinski definition) is 2. The highest BCUT2D eigenvalue weighted by atomic mass is 16.6. The molecule has 1 aliphatic rings. The minimum absolute atomic E-state index is 0.277. The van der Waals surface area contributed by atoms with Crippen LogP contribution < -0.4 is 5.32 Å². The van der Waals surface area contributed by atoms with Crippen LogP contribution >= 0.6 is 0 Å². The highest BCUT2D eigenvalue weighted by Crippen LogP contribution is 2.18. The van der Waals surface area contributed by atoms with Gasteiger partial charge in [0.1, 0.15) is 5.60 Å². The van der Waals surface area contributed by atoms with Gasteiger partial charge in [-0.25, -0.2) is 4.79 Å². The third-order valence-electron chi connectivity index (χ3n) is 1.59. The van der Waals surface area contributed by atoms with Crippen molar-refractivity contribution in [3.8, 4) is 0 Å². The number of amides is 1. The van der Waals surface area contributed by atoms with Crippen LogP contribution in [0, 0.1) is 0 Å². The third kappa shape index (κ3) is 1.90. The van der Waals surface area contributed by atoms with E-state index in [0.29, 0.717) is 0 Å². The van der Waals surface area contributed by atoms with Crippen molar-refractivity contribution in [2.45, 2.75) is 32.3 Å². The molecule has 1 saturated heterocycles. The third-order valence-corrected chi connectivity index (χ3v) is 1.59. The van der Waals surface area contributed by atoms with Gasteiger partial charge >= 0.3 is 6.09 Å². The summed E-state index contributed by atoms with van der Waals surface area (Å²) >= 11 is 0. The molecule has 3 nitrogen and oxygen atoms in total. The first-order valence-corrected chi connectivity index (χ1v) is 3.57. The quantitative estimate of drug-likeness (QED) is 0.554. The number of nitrogens with one attached hydrogen (secondary N) is 1. The van der Waals surface area contributed by atoms with Crippen molar-refractivity contribution in [2.24, 2.45) is 0 Å². The van der Waals surface area contributed by atoms with E-state index in [9.17, 15) is 4.79 Å². The zero-order valence-corrected chi connectivity index (χ0v) is 6.44. The Morgan fingerprint density at radius 1 is 1.60 bits per heavy atom. The van der Waals surface area contributed by atoms with E-state index in [4.69, 9.17) is 4.74 Å². The molecule has 3 heteroatoms. The Bertz CT molecular complexity index is 143. The Hall–Kier alpha value is -0.730. The average Bonchev–Trinajstić information content (AvgIpc) is 1.90. The van der Waals surface area contributed by atoms with Crippen LogP contribution in [0.1, 0.15) is 26.7 Å². The lowest BCUT2D eigenvalue weighted by Gasteiger charge is -2.21. The highest BCUT2D eigenvalue weighted by Gasteiger charge is 2.24. The van der Waals surface area contributed by atoms with E-state index in [0.717, 1.165) is 19.4 Å². The Morgan fingerprint density at radius 3 is 3.00 bits per heavy atom. The van der Waals surface area contributed by atoms with Gasteiger partial charge in [-0.15, -0.1) is 0 Å². The summed E-state index contributed by atoms with van der Waals surface area (Å²) in [5, 5.41) is 2.64. The Balaban J connectivity index is 2.54. The van der Waals surface area contributed by atoms with Crippen molar-refractivity contribution in [1.29, 1.82) is 0 Å². The second kappa shape index (κ2) is 2.48. The van der Waals surface area contributed by atoms with Gasteiger partial charge < -0.3 is 10.1 Å². The average molecular weight is 143 g/mol. The lowest BCUT2D eigenvalue weighted by molar-refractivity contribution is 0.0420. The van der Waals surface area contributed by atoms with Gasteiger partial charge in [-0.05, 0) is 26.7 Å². The number of alkyl carbamates (subject to hydrolysis) is 1. The molecule has 0 atom stereocenters. The van der Waals surface area contributed by atoms with Crippen LogP contribution in [0.3, 0.4) is 0 Å². The molecule has 1 N–H and O–H groups in total. The summed E-state index contributed by atoms with van der Waals surface area (Å²) in [6.07, 6.45) is 1.65. The minimum atomic E-state index is -0.289. The molecule has 1 fully saturated rings. The summed E-state index contributed by atoms with van der Waals surface area (Å²) < 4.78 is 5.05. The second-order valence-electron chi connectivity index (χ2n) is 3.18. The summed E-state index contributed by atoms with van der Waals surface area (Å²) in [4.78, 5) is 10.8. The van der Waals surface area contributed by atoms with E-state index in [1.807, 2.05) is 13.8 Å². The SMILES string of the molecule is CC1(C)CCCNC(=O)O1. The summed E-state index contributed by atoms with van der Waals surface area (Å²) in [5.41, 5.74) is -0.277. The summed E-state index contributed by atoms with van der Waals surface area (Å²) in [6.45, 7) is 4.60. The largest absolute Gasteiger partial charge is 0.444 e. The monoisotopic (exact) mass is 143 g/mol. The van der Waals surface area contributed by atoms with E-state index in [2.05, 4.69) is 5.32 Å². The van der Waals surface area contributed by atoms with Crippen LogP contribution in [0.15, 0.2) is 0 Å². The van der Waals surface area contributed by atoms with Crippen molar-refractivity contribution in [2.75, 3.05) is 6.54 Å². The molecule has 0 saturated carbocycles. The van der Waals surface area contributed by atoms with Crippen molar-refractivity contribution < 1.29 is 9.53 Å². The summed E-state index contributed by atoms with van der Waals surface area (Å²) in [6, 6.07) is 0. The normalized spacial score (nSPS) is 24.4. The topological polar surface area (TPSA) is 38.3 Å². The van der Waals surface area contributed by atoms with E-state index in [1.165, 1.54) is 0 Å². The zero-order valence-electron chi connectivity index (χ0n) is 6.44. The van der Waals surface area contributed by atoms with Crippen LogP contribution in [0.4, 0.5) is 4.79 Å². The summed E-state index contributed by atoms with van der Waals surface area (Å²) in [5.74, 6) is 0. The maximum absolute atomic E-state index is 10.8. The van der Waals surface area contributed by atoms with Crippen LogP contribution in [-0.2, 0) is 4.74 Å². The maximum atomic E-state index is 10.8. The number of ether oxygens (including phenoxy) is 1. The smallest absolute Gasteiger partial charge is 0.407 e. The predicted octanol–water partition coefficient (Wildman–Crippen LogP) is 1.28. The van der Waals surface area contributed by atoms with Gasteiger partial charge in [-0.1, -0.05) is 0 Å². The second-order valence-corrected chi connectivity index (χ2v) is 3.18. The first-order valence-electron chi connectivity index (χ1n) is 3.57. The fraction of sp³-hybridized carbons (Fsp3) is 0.857. The lowest BCUT2D eigenvalue weighted by atomic mass is 10.0.